The standard InChI is InChI=1S/C13H16N2O4/c1-19-13(7-9-5-3-2-4-6-9)12(18)14-10(8-16)11(17)15-13/h2-6,10,16H,7-8H2,1H3,(H,14,18)(H,15,17)/t10-,13-/m0/s1. The lowest BCUT2D eigenvalue weighted by molar-refractivity contribution is -0.162. The van der Waals surface area contributed by atoms with Gasteiger partial charge in [-0.3, -0.25) is 9.59 Å². The molecule has 0 bridgehead atoms. The number of piperazine rings is 1. The summed E-state index contributed by atoms with van der Waals surface area (Å²) in [6.07, 6.45) is 0.222. The summed E-state index contributed by atoms with van der Waals surface area (Å²) in [6.45, 7) is -0.442. The first kappa shape index (κ1) is 13.5. The van der Waals surface area contributed by atoms with Gasteiger partial charge in [-0.15, -0.1) is 0 Å². The summed E-state index contributed by atoms with van der Waals surface area (Å²) in [7, 11) is 1.36. The minimum Gasteiger partial charge on any atom is -0.394 e. The van der Waals surface area contributed by atoms with Crippen molar-refractivity contribution in [2.45, 2.75) is 18.2 Å². The molecule has 0 spiro atoms. The summed E-state index contributed by atoms with van der Waals surface area (Å²) >= 11 is 0. The van der Waals surface area contributed by atoms with E-state index >= 15 is 0 Å². The zero-order chi connectivity index (χ0) is 13.9. The summed E-state index contributed by atoms with van der Waals surface area (Å²) < 4.78 is 5.23. The Balaban J connectivity index is 2.23. The van der Waals surface area contributed by atoms with Gasteiger partial charge in [0.05, 0.1) is 6.61 Å². The number of rotatable bonds is 4. The molecule has 2 rings (SSSR count). The van der Waals surface area contributed by atoms with Crippen LogP contribution in [0.1, 0.15) is 5.56 Å². The third-order valence-corrected chi connectivity index (χ3v) is 3.14. The molecule has 0 aliphatic carbocycles. The van der Waals surface area contributed by atoms with Gasteiger partial charge in [0.25, 0.3) is 5.91 Å². The number of hydrogen-bond acceptors (Lipinski definition) is 4. The summed E-state index contributed by atoms with van der Waals surface area (Å²) in [5, 5.41) is 14.0. The highest BCUT2D eigenvalue weighted by atomic mass is 16.5. The number of carbonyl (C=O) groups is 2. The molecule has 1 aliphatic rings. The van der Waals surface area contributed by atoms with Crippen LogP contribution in [0.4, 0.5) is 0 Å². The summed E-state index contributed by atoms with van der Waals surface area (Å²) in [4.78, 5) is 23.9. The van der Waals surface area contributed by atoms with Gasteiger partial charge >= 0.3 is 0 Å². The Kier molecular flexibility index (Phi) is 3.82. The average Bonchev–Trinajstić information content (AvgIpc) is 2.43. The van der Waals surface area contributed by atoms with Gasteiger partial charge in [-0.25, -0.2) is 0 Å². The Labute approximate surface area is 110 Å². The zero-order valence-electron chi connectivity index (χ0n) is 10.6. The molecule has 6 heteroatoms. The van der Waals surface area contributed by atoms with E-state index in [-0.39, 0.29) is 6.42 Å². The number of methoxy groups -OCH3 is 1. The van der Waals surface area contributed by atoms with Crippen LogP contribution < -0.4 is 10.6 Å². The lowest BCUT2D eigenvalue weighted by atomic mass is 9.98. The van der Waals surface area contributed by atoms with Crippen LogP contribution in [0.25, 0.3) is 0 Å². The number of hydrogen-bond donors (Lipinski definition) is 3. The van der Waals surface area contributed by atoms with Gasteiger partial charge in [-0.1, -0.05) is 30.3 Å². The Bertz CT molecular complexity index is 477. The van der Waals surface area contributed by atoms with Crippen molar-refractivity contribution in [2.75, 3.05) is 13.7 Å². The quantitative estimate of drug-likeness (QED) is 0.663. The van der Waals surface area contributed by atoms with E-state index in [4.69, 9.17) is 9.84 Å². The van der Waals surface area contributed by atoms with E-state index in [1.165, 1.54) is 7.11 Å². The number of aliphatic hydroxyl groups excluding tert-OH is 1. The third kappa shape index (κ3) is 2.59. The Morgan fingerprint density at radius 1 is 1.32 bits per heavy atom. The molecular weight excluding hydrogens is 248 g/mol. The first-order chi connectivity index (χ1) is 9.11. The molecule has 2 atom stereocenters. The van der Waals surface area contributed by atoms with Crippen molar-refractivity contribution in [2.24, 2.45) is 0 Å². The van der Waals surface area contributed by atoms with Gasteiger partial charge in [-0.2, -0.15) is 0 Å². The summed E-state index contributed by atoms with van der Waals surface area (Å²) in [5.74, 6) is -0.919. The zero-order valence-corrected chi connectivity index (χ0v) is 10.6. The maximum Gasteiger partial charge on any atom is 0.274 e. The van der Waals surface area contributed by atoms with Crippen LogP contribution >= 0.6 is 0 Å². The molecule has 2 amide bonds. The van der Waals surface area contributed by atoms with Gasteiger partial charge in [0.15, 0.2) is 0 Å². The second kappa shape index (κ2) is 5.38. The molecule has 3 N–H and O–H groups in total. The number of aliphatic hydroxyl groups is 1. The normalized spacial score (nSPS) is 26.7. The van der Waals surface area contributed by atoms with Crippen LogP contribution in [0.3, 0.4) is 0 Å². The van der Waals surface area contributed by atoms with E-state index in [0.29, 0.717) is 0 Å². The average molecular weight is 264 g/mol. The van der Waals surface area contributed by atoms with Gasteiger partial charge < -0.3 is 20.5 Å². The van der Waals surface area contributed by atoms with Crippen molar-refractivity contribution >= 4 is 11.8 Å². The van der Waals surface area contributed by atoms with Crippen molar-refractivity contribution in [3.63, 3.8) is 0 Å². The van der Waals surface area contributed by atoms with Crippen molar-refractivity contribution < 1.29 is 19.4 Å². The highest BCUT2D eigenvalue weighted by molar-refractivity contribution is 5.99. The van der Waals surface area contributed by atoms with E-state index in [0.717, 1.165) is 5.56 Å². The molecule has 1 fully saturated rings. The van der Waals surface area contributed by atoms with E-state index < -0.39 is 30.2 Å². The fraction of sp³-hybridized carbons (Fsp3) is 0.385. The van der Waals surface area contributed by atoms with Gasteiger partial charge in [0.2, 0.25) is 11.6 Å². The predicted molar refractivity (Wildman–Crippen MR) is 67.0 cm³/mol. The fourth-order valence-corrected chi connectivity index (χ4v) is 2.04. The molecule has 0 unspecified atom stereocenters. The number of nitrogens with one attached hydrogen (secondary N) is 2. The molecule has 1 heterocycles. The number of carbonyl (C=O) groups excluding carboxylic acids is 2. The van der Waals surface area contributed by atoms with Crippen LogP contribution in [-0.2, 0) is 20.7 Å². The lowest BCUT2D eigenvalue weighted by Crippen LogP contribution is -2.71. The highest BCUT2D eigenvalue weighted by Gasteiger charge is 2.46. The van der Waals surface area contributed by atoms with Crippen molar-refractivity contribution in [1.82, 2.24) is 10.6 Å². The van der Waals surface area contributed by atoms with E-state index in [1.54, 1.807) is 0 Å². The summed E-state index contributed by atoms with van der Waals surface area (Å²) in [6, 6.07) is 8.32. The molecule has 19 heavy (non-hydrogen) atoms. The molecule has 1 aliphatic heterocycles. The number of benzene rings is 1. The van der Waals surface area contributed by atoms with Crippen molar-refractivity contribution in [1.29, 1.82) is 0 Å². The monoisotopic (exact) mass is 264 g/mol. The van der Waals surface area contributed by atoms with Crippen LogP contribution in [-0.4, -0.2) is 42.4 Å². The predicted octanol–water partition coefficient (Wildman–Crippen LogP) is -0.821. The molecule has 1 aromatic carbocycles. The molecule has 102 valence electrons. The van der Waals surface area contributed by atoms with E-state index in [1.807, 2.05) is 30.3 Å². The second-order valence-electron chi connectivity index (χ2n) is 4.39. The first-order valence-electron chi connectivity index (χ1n) is 5.94. The van der Waals surface area contributed by atoms with Gasteiger partial charge in [-0.05, 0) is 5.56 Å². The molecule has 1 saturated heterocycles. The smallest absolute Gasteiger partial charge is 0.274 e. The third-order valence-electron chi connectivity index (χ3n) is 3.14. The maximum absolute atomic E-state index is 12.1. The van der Waals surface area contributed by atoms with Crippen LogP contribution in [0.5, 0.6) is 0 Å². The molecule has 0 radical (unpaired) electrons. The molecule has 0 aromatic heterocycles. The minimum absolute atomic E-state index is 0.222. The highest BCUT2D eigenvalue weighted by Crippen LogP contribution is 2.18. The van der Waals surface area contributed by atoms with Gasteiger partial charge in [0.1, 0.15) is 6.04 Å². The van der Waals surface area contributed by atoms with E-state index in [2.05, 4.69) is 10.6 Å². The molecule has 6 nitrogen and oxygen atoms in total. The van der Waals surface area contributed by atoms with Gasteiger partial charge in [0, 0.05) is 13.5 Å². The lowest BCUT2D eigenvalue weighted by Gasteiger charge is -2.38. The Hall–Kier alpha value is -1.92. The Morgan fingerprint density at radius 2 is 2.00 bits per heavy atom. The number of amides is 2. The fourth-order valence-electron chi connectivity index (χ4n) is 2.04. The minimum atomic E-state index is -1.43. The Morgan fingerprint density at radius 3 is 2.58 bits per heavy atom. The van der Waals surface area contributed by atoms with Crippen LogP contribution in [0, 0.1) is 0 Å². The van der Waals surface area contributed by atoms with Crippen molar-refractivity contribution in [3.05, 3.63) is 35.9 Å². The topological polar surface area (TPSA) is 87.7 Å². The molecule has 1 aromatic rings. The van der Waals surface area contributed by atoms with Crippen LogP contribution in [0.2, 0.25) is 0 Å². The van der Waals surface area contributed by atoms with Crippen LogP contribution in [0.15, 0.2) is 30.3 Å². The van der Waals surface area contributed by atoms with Crippen molar-refractivity contribution in [3.8, 4) is 0 Å². The SMILES string of the molecule is CO[C@]1(Cc2ccccc2)NC(=O)[C@H](CO)NC1=O. The molecule has 0 saturated carbocycles. The second-order valence-corrected chi connectivity index (χ2v) is 4.39. The molecular formula is C13H16N2O4. The maximum atomic E-state index is 12.1. The largest absolute Gasteiger partial charge is 0.394 e. The summed E-state index contributed by atoms with van der Waals surface area (Å²) in [5.41, 5.74) is -0.563. The first-order valence-corrected chi connectivity index (χ1v) is 5.94. The number of ether oxygens (including phenoxy) is 1. The van der Waals surface area contributed by atoms with E-state index in [9.17, 15) is 9.59 Å².